The first-order valence-electron chi connectivity index (χ1n) is 8.11. The zero-order chi connectivity index (χ0) is 15.2. The van der Waals surface area contributed by atoms with E-state index in [1.165, 1.54) is 6.42 Å². The van der Waals surface area contributed by atoms with Crippen LogP contribution < -0.4 is 0 Å². The van der Waals surface area contributed by atoms with Gasteiger partial charge in [-0.3, -0.25) is 0 Å². The molecule has 3 nitrogen and oxygen atoms in total. The lowest BCUT2D eigenvalue weighted by Crippen LogP contribution is -2.44. The van der Waals surface area contributed by atoms with Gasteiger partial charge >= 0.3 is 0 Å². The van der Waals surface area contributed by atoms with Crippen molar-refractivity contribution in [3.63, 3.8) is 0 Å². The fourth-order valence-electron chi connectivity index (χ4n) is 3.39. The van der Waals surface area contributed by atoms with Crippen LogP contribution in [0, 0.1) is 28.6 Å². The van der Waals surface area contributed by atoms with E-state index in [0.29, 0.717) is 18.1 Å². The summed E-state index contributed by atoms with van der Waals surface area (Å²) in [5.41, 5.74) is 0.344. The van der Waals surface area contributed by atoms with Crippen molar-refractivity contribution in [2.45, 2.75) is 65.3 Å². The average Bonchev–Trinajstić information content (AvgIpc) is 2.41. The maximum atomic E-state index is 9.40. The van der Waals surface area contributed by atoms with Crippen LogP contribution in [0.3, 0.4) is 0 Å². The summed E-state index contributed by atoms with van der Waals surface area (Å²) in [6.45, 7) is 8.30. The van der Waals surface area contributed by atoms with Crippen molar-refractivity contribution in [3.8, 4) is 6.07 Å². The zero-order valence-electron chi connectivity index (χ0n) is 13.7. The van der Waals surface area contributed by atoms with Gasteiger partial charge in [0.25, 0.3) is 0 Å². The van der Waals surface area contributed by atoms with Crippen LogP contribution in [0.1, 0.15) is 59.3 Å². The monoisotopic (exact) mass is 280 g/mol. The predicted octanol–water partition coefficient (Wildman–Crippen LogP) is 3.44. The first-order chi connectivity index (χ1) is 9.40. The van der Waals surface area contributed by atoms with Gasteiger partial charge in [0.2, 0.25) is 0 Å². The van der Waals surface area contributed by atoms with Crippen molar-refractivity contribution in [1.82, 2.24) is 4.90 Å². The fraction of sp³-hybridized carbons (Fsp3) is 0.941. The van der Waals surface area contributed by atoms with E-state index in [4.69, 9.17) is 5.11 Å². The summed E-state index contributed by atoms with van der Waals surface area (Å²) in [6, 6.07) is 2.94. The number of unbranched alkanes of at least 4 members (excludes halogenated alkanes) is 2. The Morgan fingerprint density at radius 1 is 1.20 bits per heavy atom. The molecule has 0 amide bonds. The molecule has 0 heterocycles. The Hall–Kier alpha value is -0.590. The highest BCUT2D eigenvalue weighted by Crippen LogP contribution is 2.41. The minimum absolute atomic E-state index is 0.191. The van der Waals surface area contributed by atoms with Gasteiger partial charge in [0, 0.05) is 12.6 Å². The quantitative estimate of drug-likeness (QED) is 0.758. The van der Waals surface area contributed by atoms with E-state index in [2.05, 4.69) is 38.8 Å². The lowest BCUT2D eigenvalue weighted by molar-refractivity contribution is 0.0740. The molecular weight excluding hydrogens is 248 g/mol. The summed E-state index contributed by atoms with van der Waals surface area (Å²) in [5, 5.41) is 18.2. The lowest BCUT2D eigenvalue weighted by atomic mass is 9.68. The molecule has 0 aromatic rings. The van der Waals surface area contributed by atoms with Crippen LogP contribution >= 0.6 is 0 Å². The molecule has 20 heavy (non-hydrogen) atoms. The number of nitriles is 1. The molecule has 3 heteroatoms. The highest BCUT2D eigenvalue weighted by atomic mass is 16.2. The molecule has 0 radical (unpaired) electrons. The van der Waals surface area contributed by atoms with Gasteiger partial charge in [0.15, 0.2) is 0 Å². The second kappa shape index (κ2) is 8.00. The molecule has 0 aliphatic heterocycles. The molecule has 1 saturated carbocycles. The molecule has 0 bridgehead atoms. The Labute approximate surface area is 125 Å². The van der Waals surface area contributed by atoms with E-state index in [1.807, 2.05) is 0 Å². The maximum Gasteiger partial charge on any atom is 0.0672 e. The molecule has 0 saturated heterocycles. The van der Waals surface area contributed by atoms with Gasteiger partial charge < -0.3 is 10.0 Å². The van der Waals surface area contributed by atoms with Gasteiger partial charge in [-0.2, -0.15) is 5.26 Å². The van der Waals surface area contributed by atoms with Crippen LogP contribution in [0.5, 0.6) is 0 Å². The molecule has 3 unspecified atom stereocenters. The van der Waals surface area contributed by atoms with Gasteiger partial charge in [-0.05, 0) is 63.5 Å². The van der Waals surface area contributed by atoms with Crippen LogP contribution in [-0.2, 0) is 0 Å². The Bertz CT molecular complexity index is 316. The Balaban J connectivity index is 2.55. The van der Waals surface area contributed by atoms with Gasteiger partial charge in [-0.25, -0.2) is 0 Å². The number of hydrogen-bond donors (Lipinski definition) is 1. The number of nitrogens with zero attached hydrogens (tertiary/aromatic N) is 2. The van der Waals surface area contributed by atoms with E-state index in [0.717, 1.165) is 44.6 Å². The van der Waals surface area contributed by atoms with Crippen LogP contribution in [0.4, 0.5) is 0 Å². The fourth-order valence-corrected chi connectivity index (χ4v) is 3.39. The maximum absolute atomic E-state index is 9.40. The molecule has 3 atom stereocenters. The van der Waals surface area contributed by atoms with E-state index in [9.17, 15) is 5.26 Å². The number of hydrogen-bond acceptors (Lipinski definition) is 3. The second-order valence-electron chi connectivity index (χ2n) is 7.44. The summed E-state index contributed by atoms with van der Waals surface area (Å²) in [6.07, 6.45) is 6.48. The van der Waals surface area contributed by atoms with Gasteiger partial charge in [0.1, 0.15) is 0 Å². The third-order valence-electron chi connectivity index (χ3n) is 4.94. The van der Waals surface area contributed by atoms with Gasteiger partial charge in [-0.15, -0.1) is 0 Å². The number of aliphatic hydroxyl groups excluding tert-OH is 1. The van der Waals surface area contributed by atoms with Gasteiger partial charge in [-0.1, -0.05) is 20.8 Å². The number of aliphatic hydroxyl groups is 1. The summed E-state index contributed by atoms with van der Waals surface area (Å²) in [5.74, 6) is 0.911. The van der Waals surface area contributed by atoms with Crippen molar-refractivity contribution < 1.29 is 5.11 Å². The topological polar surface area (TPSA) is 47.3 Å². The predicted molar refractivity (Wildman–Crippen MR) is 83.3 cm³/mol. The number of rotatable bonds is 6. The van der Waals surface area contributed by atoms with Crippen molar-refractivity contribution in [2.24, 2.45) is 17.3 Å². The molecule has 1 aliphatic carbocycles. The van der Waals surface area contributed by atoms with E-state index >= 15 is 0 Å². The van der Waals surface area contributed by atoms with Crippen molar-refractivity contribution in [2.75, 3.05) is 20.2 Å². The van der Waals surface area contributed by atoms with Crippen LogP contribution in [0.2, 0.25) is 0 Å². The average molecular weight is 280 g/mol. The molecule has 1 fully saturated rings. The van der Waals surface area contributed by atoms with Crippen molar-refractivity contribution in [1.29, 1.82) is 5.26 Å². The normalized spacial score (nSPS) is 27.6. The van der Waals surface area contributed by atoms with Gasteiger partial charge in [0.05, 0.1) is 12.0 Å². The molecule has 1 rings (SSSR count). The molecule has 0 aromatic carbocycles. The first kappa shape index (κ1) is 17.5. The van der Waals surface area contributed by atoms with E-state index in [-0.39, 0.29) is 5.92 Å². The molecule has 1 N–H and O–H groups in total. The summed E-state index contributed by atoms with van der Waals surface area (Å²) < 4.78 is 0. The highest BCUT2D eigenvalue weighted by molar-refractivity contribution is 4.98. The molecular formula is C17H32N2O. The minimum atomic E-state index is 0.191. The summed E-state index contributed by atoms with van der Waals surface area (Å²) in [4.78, 5) is 2.39. The van der Waals surface area contributed by atoms with E-state index in [1.54, 1.807) is 0 Å². The van der Waals surface area contributed by atoms with Crippen LogP contribution in [0.15, 0.2) is 0 Å². The Morgan fingerprint density at radius 3 is 2.45 bits per heavy atom. The lowest BCUT2D eigenvalue weighted by Gasteiger charge is -2.43. The van der Waals surface area contributed by atoms with Crippen molar-refractivity contribution in [3.05, 3.63) is 0 Å². The molecule has 0 aromatic heterocycles. The third kappa shape index (κ3) is 5.07. The second-order valence-corrected chi connectivity index (χ2v) is 7.44. The molecule has 1 aliphatic rings. The smallest absolute Gasteiger partial charge is 0.0672 e. The summed E-state index contributed by atoms with van der Waals surface area (Å²) >= 11 is 0. The van der Waals surface area contributed by atoms with Crippen LogP contribution in [-0.4, -0.2) is 36.2 Å². The minimum Gasteiger partial charge on any atom is -0.396 e. The third-order valence-corrected chi connectivity index (χ3v) is 4.94. The molecule has 116 valence electrons. The summed E-state index contributed by atoms with van der Waals surface area (Å²) in [7, 11) is 2.17. The largest absolute Gasteiger partial charge is 0.396 e. The van der Waals surface area contributed by atoms with Crippen molar-refractivity contribution >= 4 is 0 Å². The molecule has 0 spiro atoms. The standard InChI is InChI=1S/C17H32N2O/c1-17(2,3)15-9-8-14(13-18)16(12-15)19(4)10-6-5-7-11-20/h14-16,20H,5-12H2,1-4H3. The zero-order valence-corrected chi connectivity index (χ0v) is 13.7. The highest BCUT2D eigenvalue weighted by Gasteiger charge is 2.37. The van der Waals surface area contributed by atoms with Crippen LogP contribution in [0.25, 0.3) is 0 Å². The Morgan fingerprint density at radius 2 is 1.90 bits per heavy atom. The Kier molecular flexibility index (Phi) is 6.99. The SMILES string of the molecule is CN(CCCCCO)C1CC(C(C)(C)C)CCC1C#N. The van der Waals surface area contributed by atoms with E-state index < -0.39 is 0 Å². The first-order valence-corrected chi connectivity index (χ1v) is 8.11.